The molecule has 1 unspecified atom stereocenters. The Bertz CT molecular complexity index is 783. The first-order chi connectivity index (χ1) is 14.0. The second kappa shape index (κ2) is 11.1. The number of ether oxygens (including phenoxy) is 3. The number of para-hydroxylation sites is 2. The Morgan fingerprint density at radius 2 is 2.00 bits per heavy atom. The first kappa shape index (κ1) is 22.3. The van der Waals surface area contributed by atoms with E-state index < -0.39 is 12.1 Å². The molecule has 0 radical (unpaired) electrons. The summed E-state index contributed by atoms with van der Waals surface area (Å²) in [5, 5.41) is 0. The van der Waals surface area contributed by atoms with Crippen LogP contribution < -0.4 is 9.64 Å². The molecule has 0 saturated heterocycles. The molecule has 1 aliphatic heterocycles. The fraction of sp³-hybridized carbons (Fsp3) is 0.391. The van der Waals surface area contributed by atoms with Crippen LogP contribution in [0.25, 0.3) is 0 Å². The molecule has 0 fully saturated rings. The number of carbonyl (C=O) groups is 2. The van der Waals surface area contributed by atoms with Crippen molar-refractivity contribution in [2.24, 2.45) is 0 Å². The van der Waals surface area contributed by atoms with Gasteiger partial charge in [0.1, 0.15) is 11.5 Å². The highest BCUT2D eigenvalue weighted by Gasteiger charge is 2.33. The smallest absolute Gasteiger partial charge is 0.337 e. The summed E-state index contributed by atoms with van der Waals surface area (Å²) in [6.07, 6.45) is 5.91. The second-order valence-electron chi connectivity index (χ2n) is 6.72. The number of rotatable bonds is 11. The minimum absolute atomic E-state index is 0.0522. The molecule has 1 aromatic carbocycles. The third-order valence-electron chi connectivity index (χ3n) is 4.54. The van der Waals surface area contributed by atoms with Crippen LogP contribution in [-0.2, 0) is 19.1 Å². The molecule has 0 aliphatic carbocycles. The second-order valence-corrected chi connectivity index (χ2v) is 6.72. The number of benzene rings is 1. The van der Waals surface area contributed by atoms with Crippen molar-refractivity contribution in [1.29, 1.82) is 0 Å². The monoisotopic (exact) mass is 399 g/mol. The first-order valence-electron chi connectivity index (χ1n) is 9.82. The molecule has 1 aromatic rings. The highest BCUT2D eigenvalue weighted by Crippen LogP contribution is 2.34. The largest absolute Gasteiger partial charge is 0.494 e. The Labute approximate surface area is 172 Å². The zero-order valence-electron chi connectivity index (χ0n) is 17.2. The van der Waals surface area contributed by atoms with E-state index in [4.69, 9.17) is 9.47 Å². The average Bonchev–Trinajstić information content (AvgIpc) is 2.73. The van der Waals surface area contributed by atoms with Crippen LogP contribution in [0.5, 0.6) is 5.75 Å². The van der Waals surface area contributed by atoms with Crippen molar-refractivity contribution < 1.29 is 23.8 Å². The van der Waals surface area contributed by atoms with E-state index >= 15 is 0 Å². The van der Waals surface area contributed by atoms with Crippen LogP contribution in [0.15, 0.2) is 60.9 Å². The van der Waals surface area contributed by atoms with Crippen LogP contribution in [0.2, 0.25) is 0 Å². The molecule has 0 N–H and O–H groups in total. The zero-order valence-corrected chi connectivity index (χ0v) is 17.2. The van der Waals surface area contributed by atoms with Crippen molar-refractivity contribution in [2.45, 2.75) is 38.7 Å². The van der Waals surface area contributed by atoms with Crippen LogP contribution in [0.1, 0.15) is 32.6 Å². The summed E-state index contributed by atoms with van der Waals surface area (Å²) in [4.78, 5) is 26.0. The van der Waals surface area contributed by atoms with E-state index in [1.54, 1.807) is 0 Å². The summed E-state index contributed by atoms with van der Waals surface area (Å²) in [5.41, 5.74) is 1.02. The first-order valence-corrected chi connectivity index (χ1v) is 9.82. The summed E-state index contributed by atoms with van der Waals surface area (Å²) in [5.74, 6) is 0.501. The van der Waals surface area contributed by atoms with E-state index in [1.807, 2.05) is 29.2 Å². The van der Waals surface area contributed by atoms with E-state index in [0.717, 1.165) is 24.9 Å². The number of hydrogen-bond acceptors (Lipinski definition) is 5. The van der Waals surface area contributed by atoms with Gasteiger partial charge in [-0.15, -0.1) is 0 Å². The molecular weight excluding hydrogens is 370 g/mol. The third-order valence-corrected chi connectivity index (χ3v) is 4.54. The number of anilines is 1. The third kappa shape index (κ3) is 6.24. The number of fused-ring (bicyclic) bond motifs is 1. The van der Waals surface area contributed by atoms with Crippen molar-refractivity contribution in [1.82, 2.24) is 0 Å². The molecule has 1 atom stereocenters. The van der Waals surface area contributed by atoms with Gasteiger partial charge in [-0.3, -0.25) is 4.79 Å². The Morgan fingerprint density at radius 3 is 2.72 bits per heavy atom. The topological polar surface area (TPSA) is 65.1 Å². The number of unbranched alkanes of at least 4 members (excludes halogenated alkanes) is 2. The fourth-order valence-electron chi connectivity index (χ4n) is 2.95. The number of allylic oxidation sites excluding steroid dienone is 1. The van der Waals surface area contributed by atoms with Gasteiger partial charge in [0.2, 0.25) is 0 Å². The van der Waals surface area contributed by atoms with E-state index in [2.05, 4.69) is 24.8 Å². The maximum Gasteiger partial charge on any atom is 0.337 e. The molecule has 6 heteroatoms. The van der Waals surface area contributed by atoms with Gasteiger partial charge in [0.05, 0.1) is 25.0 Å². The molecule has 1 amide bonds. The molecule has 6 nitrogen and oxygen atoms in total. The van der Waals surface area contributed by atoms with Crippen LogP contribution >= 0.6 is 0 Å². The van der Waals surface area contributed by atoms with Gasteiger partial charge in [0.25, 0.3) is 5.91 Å². The van der Waals surface area contributed by atoms with Gasteiger partial charge in [-0.1, -0.05) is 45.1 Å². The molecule has 1 heterocycles. The summed E-state index contributed by atoms with van der Waals surface area (Å²) in [6, 6.07) is 7.59. The van der Waals surface area contributed by atoms with Gasteiger partial charge >= 0.3 is 5.97 Å². The molecule has 0 aromatic heterocycles. The molecule has 0 bridgehead atoms. The maximum atomic E-state index is 12.9. The molecule has 0 saturated carbocycles. The van der Waals surface area contributed by atoms with Gasteiger partial charge in [0.15, 0.2) is 6.10 Å². The standard InChI is InChI=1S/C23H29NO5/c1-5-6-9-15-24-19-10-7-8-11-20(19)29-21(22(24)25)14-16-28-18(3)13-12-17(2)23(26)27-4/h7-8,10-13,21H,2-3,5-6,9,14-16H2,1,4H3/b13-12-. The van der Waals surface area contributed by atoms with Crippen molar-refractivity contribution in [2.75, 3.05) is 25.2 Å². The molecule has 156 valence electrons. The van der Waals surface area contributed by atoms with Gasteiger partial charge < -0.3 is 19.1 Å². The predicted molar refractivity (Wildman–Crippen MR) is 113 cm³/mol. The van der Waals surface area contributed by atoms with Crippen LogP contribution in [0.3, 0.4) is 0 Å². The molecule has 29 heavy (non-hydrogen) atoms. The van der Waals surface area contributed by atoms with Crippen LogP contribution in [-0.4, -0.2) is 38.2 Å². The quantitative estimate of drug-likeness (QED) is 0.184. The van der Waals surface area contributed by atoms with E-state index in [1.165, 1.54) is 19.3 Å². The van der Waals surface area contributed by atoms with E-state index in [-0.39, 0.29) is 18.1 Å². The van der Waals surface area contributed by atoms with Gasteiger partial charge in [-0.25, -0.2) is 4.79 Å². The molecule has 1 aliphatic rings. The number of nitrogens with zero attached hydrogens (tertiary/aromatic N) is 1. The lowest BCUT2D eigenvalue weighted by molar-refractivity contribution is -0.135. The highest BCUT2D eigenvalue weighted by molar-refractivity contribution is 6.00. The van der Waals surface area contributed by atoms with Crippen molar-refractivity contribution in [3.8, 4) is 5.75 Å². The number of esters is 1. The maximum absolute atomic E-state index is 12.9. The lowest BCUT2D eigenvalue weighted by atomic mass is 10.1. The minimum Gasteiger partial charge on any atom is -0.494 e. The Balaban J connectivity index is 1.93. The highest BCUT2D eigenvalue weighted by atomic mass is 16.5. The summed E-state index contributed by atoms with van der Waals surface area (Å²) >= 11 is 0. The number of amides is 1. The lowest BCUT2D eigenvalue weighted by Crippen LogP contribution is -2.46. The number of hydrogen-bond donors (Lipinski definition) is 0. The van der Waals surface area contributed by atoms with Crippen molar-refractivity contribution >= 4 is 17.6 Å². The van der Waals surface area contributed by atoms with Gasteiger partial charge in [0, 0.05) is 13.0 Å². The van der Waals surface area contributed by atoms with Gasteiger partial charge in [-0.2, -0.15) is 0 Å². The zero-order chi connectivity index (χ0) is 21.2. The molecule has 0 spiro atoms. The summed E-state index contributed by atoms with van der Waals surface area (Å²) in [6.45, 7) is 10.4. The van der Waals surface area contributed by atoms with Crippen LogP contribution in [0.4, 0.5) is 5.69 Å². The van der Waals surface area contributed by atoms with Crippen molar-refractivity contribution in [3.05, 3.63) is 60.9 Å². The predicted octanol–water partition coefficient (Wildman–Crippen LogP) is 4.18. The average molecular weight is 399 g/mol. The SMILES string of the molecule is C=C(/C=C\C(=C)C(=O)OC)OCCC1Oc2ccccc2N(CCCCC)C1=O. The molecule has 2 rings (SSSR count). The Kier molecular flexibility index (Phi) is 8.52. The normalized spacial score (nSPS) is 15.6. The van der Waals surface area contributed by atoms with Crippen molar-refractivity contribution in [3.63, 3.8) is 0 Å². The Hall–Kier alpha value is -3.02. The van der Waals surface area contributed by atoms with Gasteiger partial charge in [-0.05, 0) is 30.7 Å². The lowest BCUT2D eigenvalue weighted by Gasteiger charge is -2.34. The minimum atomic E-state index is -0.603. The van der Waals surface area contributed by atoms with E-state index in [9.17, 15) is 9.59 Å². The Morgan fingerprint density at radius 1 is 1.24 bits per heavy atom. The number of carbonyl (C=O) groups excluding carboxylic acids is 2. The van der Waals surface area contributed by atoms with E-state index in [0.29, 0.717) is 24.5 Å². The van der Waals surface area contributed by atoms with Crippen LogP contribution in [0, 0.1) is 0 Å². The molecular formula is C23H29NO5. The number of methoxy groups -OCH3 is 1. The summed E-state index contributed by atoms with van der Waals surface area (Å²) < 4.78 is 16.0. The fourth-order valence-corrected chi connectivity index (χ4v) is 2.95. The summed E-state index contributed by atoms with van der Waals surface area (Å²) in [7, 11) is 1.29.